The number of β-lactam (4-membered cyclic amide) rings is 1. The highest BCUT2D eigenvalue weighted by atomic mass is 32.2. The lowest BCUT2D eigenvalue weighted by Gasteiger charge is -2.49. The highest BCUT2D eigenvalue weighted by molar-refractivity contribution is 8.01. The number of tetrazole rings is 1. The Morgan fingerprint density at radius 3 is 2.83 bits per heavy atom. The quantitative estimate of drug-likeness (QED) is 0.150. The van der Waals surface area contributed by atoms with Crippen molar-refractivity contribution in [1.29, 1.82) is 0 Å². The van der Waals surface area contributed by atoms with Crippen LogP contribution in [0.5, 0.6) is 0 Å². The highest BCUT2D eigenvalue weighted by Gasteiger charge is 2.54. The van der Waals surface area contributed by atoms with Gasteiger partial charge >= 0.3 is 11.9 Å². The van der Waals surface area contributed by atoms with Gasteiger partial charge < -0.3 is 24.8 Å². The number of hydrogen-bond donors (Lipinski definition) is 3. The van der Waals surface area contributed by atoms with Crippen LogP contribution in [0.15, 0.2) is 44.4 Å². The summed E-state index contributed by atoms with van der Waals surface area (Å²) in [4.78, 5) is 54.2. The smallest absolute Gasteiger partial charge is 0.352 e. The number of carboxylic acids is 2. The van der Waals surface area contributed by atoms with Gasteiger partial charge in [0.2, 0.25) is 17.5 Å². The third-order valence-electron chi connectivity index (χ3n) is 4.81. The second-order valence-electron chi connectivity index (χ2n) is 7.08. The van der Waals surface area contributed by atoms with Crippen LogP contribution in [0.25, 0.3) is 0 Å². The second kappa shape index (κ2) is 10.2. The van der Waals surface area contributed by atoms with Crippen molar-refractivity contribution in [3.8, 4) is 0 Å². The zero-order valence-corrected chi connectivity index (χ0v) is 19.5. The van der Waals surface area contributed by atoms with Crippen molar-refractivity contribution in [3.63, 3.8) is 0 Å². The van der Waals surface area contributed by atoms with Gasteiger partial charge in [0.05, 0.1) is 6.26 Å². The Balaban J connectivity index is 1.48. The molecule has 0 bridgehead atoms. The van der Waals surface area contributed by atoms with Gasteiger partial charge in [-0.15, -0.1) is 16.9 Å². The predicted octanol–water partition coefficient (Wildman–Crippen LogP) is -0.861. The Morgan fingerprint density at radius 1 is 1.40 bits per heavy atom. The van der Waals surface area contributed by atoms with Crippen LogP contribution in [0, 0.1) is 0 Å². The fourth-order valence-electron chi connectivity index (χ4n) is 3.26. The van der Waals surface area contributed by atoms with Crippen molar-refractivity contribution >= 4 is 53.0 Å². The Bertz CT molecular complexity index is 1230. The number of aliphatic carboxylic acids is 2. The van der Waals surface area contributed by atoms with Crippen molar-refractivity contribution in [1.82, 2.24) is 30.4 Å². The van der Waals surface area contributed by atoms with E-state index in [9.17, 15) is 24.3 Å². The lowest BCUT2D eigenvalue weighted by molar-refractivity contribution is -0.150. The summed E-state index contributed by atoms with van der Waals surface area (Å²) in [5, 5.41) is 35.5. The summed E-state index contributed by atoms with van der Waals surface area (Å²) >= 11 is 2.53. The van der Waals surface area contributed by atoms with Gasteiger partial charge in [0, 0.05) is 18.6 Å². The number of hydrogen-bond acceptors (Lipinski definition) is 12. The lowest BCUT2D eigenvalue weighted by Crippen LogP contribution is -2.71. The fourth-order valence-corrected chi connectivity index (χ4v) is 5.60. The van der Waals surface area contributed by atoms with Crippen molar-refractivity contribution < 1.29 is 38.6 Å². The minimum atomic E-state index is -1.30. The number of aromatic nitrogens is 4. The van der Waals surface area contributed by atoms with E-state index in [1.54, 1.807) is 7.05 Å². The maximum absolute atomic E-state index is 12.9. The fraction of sp³-hybridized carbons (Fsp3) is 0.333. The van der Waals surface area contributed by atoms with Crippen LogP contribution in [0.3, 0.4) is 0 Å². The molecule has 3 N–H and O–H groups in total. The van der Waals surface area contributed by atoms with E-state index in [0.717, 1.165) is 4.90 Å². The molecule has 2 atom stereocenters. The molecule has 2 amide bonds. The molecule has 2 aliphatic rings. The number of nitrogens with zero attached hydrogens (tertiary/aromatic N) is 6. The number of rotatable bonds is 10. The molecular weight excluding hydrogens is 506 g/mol. The molecule has 4 heterocycles. The molecule has 4 rings (SSSR count). The summed E-state index contributed by atoms with van der Waals surface area (Å²) in [6, 6.07) is 1.87. The van der Waals surface area contributed by atoms with Crippen molar-refractivity contribution in [2.45, 2.75) is 16.6 Å². The van der Waals surface area contributed by atoms with Gasteiger partial charge in [-0.25, -0.2) is 14.3 Å². The van der Waals surface area contributed by atoms with E-state index >= 15 is 0 Å². The van der Waals surface area contributed by atoms with Crippen LogP contribution >= 0.6 is 23.5 Å². The number of carbonyl (C=O) groups is 4. The average Bonchev–Trinajstić information content (AvgIpc) is 3.49. The van der Waals surface area contributed by atoms with Crippen molar-refractivity contribution in [3.05, 3.63) is 35.4 Å². The predicted molar refractivity (Wildman–Crippen MR) is 118 cm³/mol. The van der Waals surface area contributed by atoms with Crippen LogP contribution in [0.4, 0.5) is 0 Å². The molecule has 1 fully saturated rings. The zero-order chi connectivity index (χ0) is 25.1. The highest BCUT2D eigenvalue weighted by Crippen LogP contribution is 2.41. The maximum Gasteiger partial charge on any atom is 0.352 e. The first-order valence-electron chi connectivity index (χ1n) is 9.79. The molecule has 0 spiro atoms. The largest absolute Gasteiger partial charge is 0.479 e. The molecule has 1 saturated heterocycles. The van der Waals surface area contributed by atoms with Gasteiger partial charge in [-0.2, -0.15) is 0 Å². The molecular formula is C18H17N7O8S2. The number of nitrogens with one attached hydrogen (secondary N) is 1. The molecule has 0 radical (unpaired) electrons. The molecule has 15 nitrogen and oxygen atoms in total. The number of aryl methyl sites for hydroxylation is 1. The molecule has 0 saturated carbocycles. The third-order valence-corrected chi connectivity index (χ3v) is 7.24. The number of carbonyl (C=O) groups excluding carboxylic acids is 2. The number of carboxylic acid groups (broad SMARTS) is 2. The number of thioether (sulfide) groups is 2. The average molecular weight is 524 g/mol. The molecule has 0 aliphatic carbocycles. The van der Waals surface area contributed by atoms with Crippen molar-refractivity contribution in [2.24, 2.45) is 12.2 Å². The molecule has 184 valence electrons. The number of amides is 2. The maximum atomic E-state index is 12.9. The van der Waals surface area contributed by atoms with E-state index in [2.05, 4.69) is 30.8 Å². The summed E-state index contributed by atoms with van der Waals surface area (Å²) < 4.78 is 6.59. The summed E-state index contributed by atoms with van der Waals surface area (Å²) in [5.74, 6) is -3.46. The van der Waals surface area contributed by atoms with Crippen LogP contribution in [-0.4, -0.2) is 94.3 Å². The molecule has 35 heavy (non-hydrogen) atoms. The summed E-state index contributed by atoms with van der Waals surface area (Å²) in [7, 11) is 1.65. The van der Waals surface area contributed by atoms with Crippen molar-refractivity contribution in [2.75, 3.05) is 18.1 Å². The molecule has 0 unspecified atom stereocenters. The first-order chi connectivity index (χ1) is 16.8. The summed E-state index contributed by atoms with van der Waals surface area (Å²) in [5.41, 5.74) is 0.00747. The van der Waals surface area contributed by atoms with Gasteiger partial charge in [0.1, 0.15) is 17.1 Å². The number of fused-ring (bicyclic) bond motifs is 1. The third kappa shape index (κ3) is 4.99. The minimum Gasteiger partial charge on any atom is -0.479 e. The van der Waals surface area contributed by atoms with E-state index in [-0.39, 0.29) is 22.9 Å². The van der Waals surface area contributed by atoms with E-state index in [1.807, 2.05) is 0 Å². The molecule has 2 aliphatic heterocycles. The first kappa shape index (κ1) is 24.3. The summed E-state index contributed by atoms with van der Waals surface area (Å²) in [6.45, 7) is -0.788. The van der Waals surface area contributed by atoms with Crippen LogP contribution in [0.2, 0.25) is 0 Å². The number of oxime groups is 1. The van der Waals surface area contributed by atoms with E-state index < -0.39 is 41.8 Å². The molecule has 0 aromatic carbocycles. The van der Waals surface area contributed by atoms with Gasteiger partial charge in [-0.1, -0.05) is 16.9 Å². The topological polar surface area (TPSA) is 202 Å². The normalized spacial score (nSPS) is 19.7. The zero-order valence-electron chi connectivity index (χ0n) is 17.9. The Hall–Kier alpha value is -3.86. The Kier molecular flexibility index (Phi) is 7.06. The van der Waals surface area contributed by atoms with E-state index in [1.165, 1.54) is 46.6 Å². The Morgan fingerprint density at radius 2 is 2.20 bits per heavy atom. The second-order valence-corrected chi connectivity index (χ2v) is 9.12. The van der Waals surface area contributed by atoms with Crippen LogP contribution in [0.1, 0.15) is 5.76 Å². The van der Waals surface area contributed by atoms with Crippen LogP contribution in [-0.2, 0) is 31.1 Å². The lowest BCUT2D eigenvalue weighted by atomic mass is 10.0. The molecule has 2 aromatic heterocycles. The molecule has 17 heteroatoms. The van der Waals surface area contributed by atoms with Gasteiger partial charge in [0.25, 0.3) is 11.8 Å². The molecule has 2 aromatic rings. The first-order valence-corrected chi connectivity index (χ1v) is 11.8. The standard InChI is InChI=1S/C18H17N7O8S2/c1-24-18(20-22-23-24)35-7-8-6-34-16-12(15(29)25(16)13(8)17(30)31)19-14(28)11(9-3-2-4-32-9)21-33-5-10(26)27/h2-4,12,16H,5-7H2,1H3,(H,19,28)(H,26,27)(H,30,31)/t12-,16-/m1/s1. The van der Waals surface area contributed by atoms with Crippen LogP contribution < -0.4 is 5.32 Å². The van der Waals surface area contributed by atoms with E-state index in [0.29, 0.717) is 16.5 Å². The monoisotopic (exact) mass is 523 g/mol. The SMILES string of the molecule is Cn1nnnc1SCC1=C(C(=O)O)N2C(=O)[C@@H](NC(=O)C(=NOCC(=O)O)c3ccco3)[C@H]2SC1. The van der Waals surface area contributed by atoms with Gasteiger partial charge in [-0.05, 0) is 28.1 Å². The summed E-state index contributed by atoms with van der Waals surface area (Å²) in [6.07, 6.45) is 1.28. The van der Waals surface area contributed by atoms with Gasteiger partial charge in [-0.3, -0.25) is 14.5 Å². The number of furan rings is 1. The Labute approximate surface area is 204 Å². The minimum absolute atomic E-state index is 0.00323. The van der Waals surface area contributed by atoms with Gasteiger partial charge in [0.15, 0.2) is 5.76 Å². The van der Waals surface area contributed by atoms with E-state index in [4.69, 9.17) is 9.52 Å².